The van der Waals surface area contributed by atoms with Gasteiger partial charge in [0, 0.05) is 26.7 Å². The van der Waals surface area contributed by atoms with Gasteiger partial charge in [0.25, 0.3) is 0 Å². The molecule has 0 amide bonds. The van der Waals surface area contributed by atoms with Crippen LogP contribution in [-0.2, 0) is 16.4 Å². The van der Waals surface area contributed by atoms with E-state index in [0.29, 0.717) is 25.6 Å². The summed E-state index contributed by atoms with van der Waals surface area (Å²) in [4.78, 5) is 4.07. The molecule has 0 aliphatic heterocycles. The van der Waals surface area contributed by atoms with Crippen LogP contribution in [0.1, 0.15) is 18.1 Å². The van der Waals surface area contributed by atoms with E-state index in [2.05, 4.69) is 20.3 Å². The first-order chi connectivity index (χ1) is 10.9. The molecule has 0 unspecified atom stereocenters. The van der Waals surface area contributed by atoms with Crippen LogP contribution in [0.3, 0.4) is 0 Å². The van der Waals surface area contributed by atoms with Crippen LogP contribution in [0.5, 0.6) is 0 Å². The molecule has 0 aromatic heterocycles. The smallest absolute Gasteiger partial charge is 0.211 e. The maximum Gasteiger partial charge on any atom is 0.211 e. The molecule has 138 valence electrons. The van der Waals surface area contributed by atoms with E-state index < -0.39 is 10.0 Å². The highest BCUT2D eigenvalue weighted by atomic mass is 127. The lowest BCUT2D eigenvalue weighted by Crippen LogP contribution is -2.42. The van der Waals surface area contributed by atoms with E-state index in [0.717, 1.165) is 17.5 Å². The number of halogens is 2. The summed E-state index contributed by atoms with van der Waals surface area (Å²) in [5, 5.41) is 6.17. The number of nitrogens with one attached hydrogen (secondary N) is 3. The quantitative estimate of drug-likeness (QED) is 0.231. The molecular weight excluding hydrogens is 446 g/mol. The van der Waals surface area contributed by atoms with E-state index in [1.165, 1.54) is 12.1 Å². The van der Waals surface area contributed by atoms with E-state index in [-0.39, 0.29) is 35.5 Å². The van der Waals surface area contributed by atoms with Crippen molar-refractivity contribution in [2.24, 2.45) is 4.99 Å². The summed E-state index contributed by atoms with van der Waals surface area (Å²) < 4.78 is 38.1. The summed E-state index contributed by atoms with van der Waals surface area (Å²) in [5.74, 6) is 0.434. The minimum atomic E-state index is -3.17. The first-order valence-electron chi connectivity index (χ1n) is 7.55. The number of aryl methyl sites for hydroxylation is 1. The topological polar surface area (TPSA) is 82.6 Å². The van der Waals surface area contributed by atoms with Crippen LogP contribution < -0.4 is 15.4 Å². The second-order valence-corrected chi connectivity index (χ2v) is 7.14. The van der Waals surface area contributed by atoms with Crippen molar-refractivity contribution in [3.05, 3.63) is 35.1 Å². The predicted octanol–water partition coefficient (Wildman–Crippen LogP) is 1.40. The zero-order valence-electron chi connectivity index (χ0n) is 14.2. The van der Waals surface area contributed by atoms with E-state index >= 15 is 0 Å². The normalized spacial score (nSPS) is 11.8. The van der Waals surface area contributed by atoms with Gasteiger partial charge in [-0.3, -0.25) is 4.99 Å². The van der Waals surface area contributed by atoms with Crippen LogP contribution in [0.2, 0.25) is 0 Å². The number of nitrogens with zero attached hydrogens (tertiary/aromatic N) is 1. The van der Waals surface area contributed by atoms with E-state index in [1.54, 1.807) is 20.0 Å². The third-order valence-electron chi connectivity index (χ3n) is 3.33. The minimum absolute atomic E-state index is 0. The summed E-state index contributed by atoms with van der Waals surface area (Å²) in [6.07, 6.45) is 0.745. The Labute approximate surface area is 160 Å². The molecule has 0 radical (unpaired) electrons. The van der Waals surface area contributed by atoms with E-state index in [1.807, 2.05) is 6.92 Å². The second-order valence-electron chi connectivity index (χ2n) is 5.04. The van der Waals surface area contributed by atoms with Crippen molar-refractivity contribution in [2.75, 3.05) is 32.4 Å². The molecule has 0 aliphatic carbocycles. The molecule has 24 heavy (non-hydrogen) atoms. The van der Waals surface area contributed by atoms with Crippen molar-refractivity contribution in [3.63, 3.8) is 0 Å². The molecule has 0 aliphatic rings. The fraction of sp³-hybridized carbons (Fsp3) is 0.533. The van der Waals surface area contributed by atoms with Crippen LogP contribution in [0.25, 0.3) is 0 Å². The van der Waals surface area contributed by atoms with Gasteiger partial charge in [-0.15, -0.1) is 24.0 Å². The lowest BCUT2D eigenvalue weighted by molar-refractivity contribution is 0.582. The Bertz CT molecular complexity index is 638. The van der Waals surface area contributed by atoms with Gasteiger partial charge < -0.3 is 10.6 Å². The molecule has 0 bridgehead atoms. The Morgan fingerprint density at radius 3 is 2.46 bits per heavy atom. The maximum absolute atomic E-state index is 13.0. The van der Waals surface area contributed by atoms with Gasteiger partial charge in [0.2, 0.25) is 10.0 Å². The van der Waals surface area contributed by atoms with Crippen molar-refractivity contribution in [1.82, 2.24) is 15.4 Å². The van der Waals surface area contributed by atoms with E-state index in [9.17, 15) is 12.8 Å². The van der Waals surface area contributed by atoms with Gasteiger partial charge >= 0.3 is 0 Å². The molecule has 0 saturated heterocycles. The highest BCUT2D eigenvalue weighted by molar-refractivity contribution is 14.0. The molecular formula is C15H26FIN4O2S. The molecule has 0 atom stereocenters. The largest absolute Gasteiger partial charge is 0.356 e. The van der Waals surface area contributed by atoms with Crippen LogP contribution in [0, 0.1) is 12.7 Å². The summed E-state index contributed by atoms with van der Waals surface area (Å²) in [5.41, 5.74) is 1.99. The third kappa shape index (κ3) is 8.78. The summed E-state index contributed by atoms with van der Waals surface area (Å²) >= 11 is 0. The predicted molar refractivity (Wildman–Crippen MR) is 107 cm³/mol. The molecule has 1 rings (SSSR count). The van der Waals surface area contributed by atoms with Crippen LogP contribution in [0.15, 0.2) is 23.2 Å². The molecule has 9 heteroatoms. The lowest BCUT2D eigenvalue weighted by atomic mass is 10.1. The van der Waals surface area contributed by atoms with Gasteiger partial charge in [0.1, 0.15) is 5.82 Å². The monoisotopic (exact) mass is 472 g/mol. The SMILES string of the molecule is CCS(=O)(=O)NCCNC(=NC)NCCc1ccc(F)cc1C.I. The molecule has 0 spiro atoms. The fourth-order valence-electron chi connectivity index (χ4n) is 1.97. The number of aliphatic imine (C=N–C) groups is 1. The standard InChI is InChI=1S/C15H25FN4O2S.HI/c1-4-23(21,22)20-10-9-19-15(17-3)18-8-7-13-5-6-14(16)11-12(13)2;/h5-6,11,20H,4,7-10H2,1-3H3,(H2,17,18,19);1H. The first-order valence-corrected chi connectivity index (χ1v) is 9.20. The Hall–Kier alpha value is -0.940. The van der Waals surface area contributed by atoms with Gasteiger partial charge in [-0.1, -0.05) is 6.07 Å². The van der Waals surface area contributed by atoms with Gasteiger partial charge in [-0.05, 0) is 43.5 Å². The summed E-state index contributed by atoms with van der Waals surface area (Å²) in [7, 11) is -1.52. The Balaban J connectivity index is 0.00000529. The van der Waals surface area contributed by atoms with Crippen molar-refractivity contribution >= 4 is 40.0 Å². The molecule has 3 N–H and O–H groups in total. The van der Waals surface area contributed by atoms with Crippen LogP contribution in [-0.4, -0.2) is 46.8 Å². The molecule has 1 aromatic rings. The number of hydrogen-bond acceptors (Lipinski definition) is 3. The average molecular weight is 472 g/mol. The number of guanidine groups is 1. The van der Waals surface area contributed by atoms with Crippen molar-refractivity contribution in [3.8, 4) is 0 Å². The maximum atomic E-state index is 13.0. The number of sulfonamides is 1. The highest BCUT2D eigenvalue weighted by Gasteiger charge is 2.05. The summed E-state index contributed by atoms with van der Waals surface area (Å²) in [6, 6.07) is 4.75. The molecule has 6 nitrogen and oxygen atoms in total. The zero-order chi connectivity index (χ0) is 17.3. The van der Waals surface area contributed by atoms with Crippen LogP contribution >= 0.6 is 24.0 Å². The third-order valence-corrected chi connectivity index (χ3v) is 4.74. The number of hydrogen-bond donors (Lipinski definition) is 3. The molecule has 0 heterocycles. The van der Waals surface area contributed by atoms with Crippen molar-refractivity contribution < 1.29 is 12.8 Å². The van der Waals surface area contributed by atoms with Gasteiger partial charge in [-0.25, -0.2) is 17.5 Å². The zero-order valence-corrected chi connectivity index (χ0v) is 17.4. The van der Waals surface area contributed by atoms with Crippen LogP contribution in [0.4, 0.5) is 4.39 Å². The highest BCUT2D eigenvalue weighted by Crippen LogP contribution is 2.10. The molecule has 0 saturated carbocycles. The lowest BCUT2D eigenvalue weighted by Gasteiger charge is -2.13. The fourth-order valence-corrected chi connectivity index (χ4v) is 2.58. The Morgan fingerprint density at radius 2 is 1.88 bits per heavy atom. The second kappa shape index (κ2) is 11.6. The van der Waals surface area contributed by atoms with E-state index in [4.69, 9.17) is 0 Å². The summed E-state index contributed by atoms with van der Waals surface area (Å²) in [6.45, 7) is 4.86. The van der Waals surface area contributed by atoms with Gasteiger partial charge in [-0.2, -0.15) is 0 Å². The number of benzene rings is 1. The average Bonchev–Trinajstić information content (AvgIpc) is 2.51. The molecule has 1 aromatic carbocycles. The number of rotatable bonds is 8. The van der Waals surface area contributed by atoms with Crippen molar-refractivity contribution in [1.29, 1.82) is 0 Å². The first kappa shape index (κ1) is 23.1. The Kier molecular flexibility index (Phi) is 11.1. The van der Waals surface area contributed by atoms with Crippen molar-refractivity contribution in [2.45, 2.75) is 20.3 Å². The van der Waals surface area contributed by atoms with Gasteiger partial charge in [0.15, 0.2) is 5.96 Å². The minimum Gasteiger partial charge on any atom is -0.356 e. The molecule has 0 fully saturated rings. The Morgan fingerprint density at radius 1 is 1.21 bits per heavy atom. The van der Waals surface area contributed by atoms with Gasteiger partial charge in [0.05, 0.1) is 5.75 Å².